The van der Waals surface area contributed by atoms with E-state index in [1.165, 1.54) is 0 Å². The SMILES string of the molecule is NC(=S)NN=Cc1ccccc1-c1cccc(CO)c1. The summed E-state index contributed by atoms with van der Waals surface area (Å²) in [6.45, 7) is 0.0209. The van der Waals surface area contributed by atoms with Gasteiger partial charge in [0.25, 0.3) is 0 Å². The molecule has 2 aromatic carbocycles. The van der Waals surface area contributed by atoms with Gasteiger partial charge in [-0.1, -0.05) is 42.5 Å². The number of aliphatic hydroxyl groups is 1. The highest BCUT2D eigenvalue weighted by atomic mass is 32.1. The topological polar surface area (TPSA) is 70.6 Å². The number of thiocarbonyl (C=S) groups is 1. The lowest BCUT2D eigenvalue weighted by Crippen LogP contribution is -2.24. The predicted octanol–water partition coefficient (Wildman–Crippen LogP) is 2.01. The third-order valence-corrected chi connectivity index (χ3v) is 2.85. The summed E-state index contributed by atoms with van der Waals surface area (Å²) in [5.74, 6) is 0. The second-order valence-electron chi connectivity index (χ2n) is 4.18. The average Bonchev–Trinajstić information content (AvgIpc) is 2.47. The number of nitrogens with two attached hydrogens (primary N) is 1. The molecule has 0 atom stereocenters. The monoisotopic (exact) mass is 285 g/mol. The molecule has 20 heavy (non-hydrogen) atoms. The van der Waals surface area contributed by atoms with Gasteiger partial charge in [-0.25, -0.2) is 0 Å². The van der Waals surface area contributed by atoms with Crippen molar-refractivity contribution in [2.75, 3.05) is 0 Å². The van der Waals surface area contributed by atoms with E-state index in [1.807, 2.05) is 48.5 Å². The fourth-order valence-electron chi connectivity index (χ4n) is 1.88. The van der Waals surface area contributed by atoms with Gasteiger partial charge in [-0.2, -0.15) is 5.10 Å². The van der Waals surface area contributed by atoms with Crippen molar-refractivity contribution in [1.82, 2.24) is 5.43 Å². The molecule has 0 bridgehead atoms. The van der Waals surface area contributed by atoms with E-state index in [0.29, 0.717) is 0 Å². The first-order chi connectivity index (χ1) is 9.70. The average molecular weight is 285 g/mol. The van der Waals surface area contributed by atoms with Gasteiger partial charge < -0.3 is 10.8 Å². The van der Waals surface area contributed by atoms with E-state index in [2.05, 4.69) is 10.5 Å². The zero-order valence-corrected chi connectivity index (χ0v) is 11.6. The number of benzene rings is 2. The molecular formula is C15H15N3OS. The highest BCUT2D eigenvalue weighted by Crippen LogP contribution is 2.23. The standard InChI is InChI=1S/C15H15N3OS/c16-15(20)18-17-9-13-5-1-2-7-14(13)12-6-3-4-11(8-12)10-19/h1-9,19H,10H2,(H3,16,18,20). The third-order valence-electron chi connectivity index (χ3n) is 2.76. The first-order valence-electron chi connectivity index (χ1n) is 6.08. The molecule has 102 valence electrons. The van der Waals surface area contributed by atoms with Crippen molar-refractivity contribution in [3.63, 3.8) is 0 Å². The maximum absolute atomic E-state index is 9.22. The molecule has 5 heteroatoms. The Morgan fingerprint density at radius 3 is 2.80 bits per heavy atom. The fraction of sp³-hybridized carbons (Fsp3) is 0.0667. The normalized spacial score (nSPS) is 10.7. The van der Waals surface area contributed by atoms with E-state index in [9.17, 15) is 5.11 Å². The number of aliphatic hydroxyl groups excluding tert-OH is 1. The minimum absolute atomic E-state index is 0.0209. The lowest BCUT2D eigenvalue weighted by atomic mass is 9.99. The Kier molecular flexibility index (Phi) is 4.81. The molecule has 0 aliphatic heterocycles. The molecule has 4 N–H and O–H groups in total. The van der Waals surface area contributed by atoms with Crippen LogP contribution in [0.15, 0.2) is 53.6 Å². The van der Waals surface area contributed by atoms with Crippen molar-refractivity contribution >= 4 is 23.5 Å². The van der Waals surface area contributed by atoms with Crippen molar-refractivity contribution in [2.24, 2.45) is 10.8 Å². The molecular weight excluding hydrogens is 270 g/mol. The van der Waals surface area contributed by atoms with Crippen LogP contribution < -0.4 is 11.2 Å². The smallest absolute Gasteiger partial charge is 0.184 e. The summed E-state index contributed by atoms with van der Waals surface area (Å²) in [4.78, 5) is 0. The lowest BCUT2D eigenvalue weighted by molar-refractivity contribution is 0.282. The van der Waals surface area contributed by atoms with Gasteiger partial charge in [0.15, 0.2) is 5.11 Å². The Bertz CT molecular complexity index is 641. The third kappa shape index (κ3) is 3.63. The van der Waals surface area contributed by atoms with E-state index in [1.54, 1.807) is 6.21 Å². The van der Waals surface area contributed by atoms with Gasteiger partial charge in [-0.05, 0) is 35.0 Å². The zero-order chi connectivity index (χ0) is 14.4. The summed E-state index contributed by atoms with van der Waals surface area (Å²) in [6, 6.07) is 15.6. The summed E-state index contributed by atoms with van der Waals surface area (Å²) in [7, 11) is 0. The molecule has 0 amide bonds. The van der Waals surface area contributed by atoms with Crippen LogP contribution in [0.4, 0.5) is 0 Å². The van der Waals surface area contributed by atoms with Crippen LogP contribution in [0, 0.1) is 0 Å². The van der Waals surface area contributed by atoms with Crippen molar-refractivity contribution in [3.8, 4) is 11.1 Å². The Labute approximate surface area is 122 Å². The second-order valence-corrected chi connectivity index (χ2v) is 4.62. The Morgan fingerprint density at radius 1 is 1.25 bits per heavy atom. The lowest BCUT2D eigenvalue weighted by Gasteiger charge is -2.07. The maximum atomic E-state index is 9.22. The summed E-state index contributed by atoms with van der Waals surface area (Å²) in [5, 5.41) is 13.3. The number of hydrazone groups is 1. The maximum Gasteiger partial charge on any atom is 0.184 e. The number of nitrogens with zero attached hydrogens (tertiary/aromatic N) is 1. The number of hydrogen-bond donors (Lipinski definition) is 3. The van der Waals surface area contributed by atoms with E-state index >= 15 is 0 Å². The van der Waals surface area contributed by atoms with Crippen LogP contribution in [-0.2, 0) is 6.61 Å². The van der Waals surface area contributed by atoms with Gasteiger partial charge in [-0.3, -0.25) is 5.43 Å². The Morgan fingerprint density at radius 2 is 2.05 bits per heavy atom. The van der Waals surface area contributed by atoms with Crippen LogP contribution in [0.3, 0.4) is 0 Å². The molecule has 0 radical (unpaired) electrons. The summed E-state index contributed by atoms with van der Waals surface area (Å²) in [5.41, 5.74) is 11.7. The molecule has 2 aromatic rings. The summed E-state index contributed by atoms with van der Waals surface area (Å²) < 4.78 is 0. The minimum atomic E-state index is 0.0209. The summed E-state index contributed by atoms with van der Waals surface area (Å²) in [6.07, 6.45) is 1.67. The first-order valence-corrected chi connectivity index (χ1v) is 6.49. The van der Waals surface area contributed by atoms with Gasteiger partial charge in [-0.15, -0.1) is 0 Å². The highest BCUT2D eigenvalue weighted by molar-refractivity contribution is 7.80. The van der Waals surface area contributed by atoms with Crippen molar-refractivity contribution in [1.29, 1.82) is 0 Å². The van der Waals surface area contributed by atoms with Crippen molar-refractivity contribution in [3.05, 3.63) is 59.7 Å². The molecule has 0 saturated heterocycles. The van der Waals surface area contributed by atoms with Crippen LogP contribution in [0.5, 0.6) is 0 Å². The number of nitrogens with one attached hydrogen (secondary N) is 1. The number of rotatable bonds is 4. The Hall–Kier alpha value is -2.24. The molecule has 4 nitrogen and oxygen atoms in total. The largest absolute Gasteiger partial charge is 0.392 e. The molecule has 0 aromatic heterocycles. The Balaban J connectivity index is 2.36. The molecule has 0 saturated carbocycles. The molecule has 0 aliphatic rings. The van der Waals surface area contributed by atoms with E-state index in [-0.39, 0.29) is 11.7 Å². The van der Waals surface area contributed by atoms with E-state index < -0.39 is 0 Å². The minimum Gasteiger partial charge on any atom is -0.392 e. The van der Waals surface area contributed by atoms with Gasteiger partial charge in [0.2, 0.25) is 0 Å². The van der Waals surface area contributed by atoms with Crippen molar-refractivity contribution in [2.45, 2.75) is 6.61 Å². The zero-order valence-electron chi connectivity index (χ0n) is 10.8. The first kappa shape index (κ1) is 14.2. The summed E-state index contributed by atoms with van der Waals surface area (Å²) >= 11 is 4.70. The quantitative estimate of drug-likeness (QED) is 0.456. The molecule has 2 rings (SSSR count). The van der Waals surface area contributed by atoms with Crippen LogP contribution >= 0.6 is 12.2 Å². The molecule has 0 fully saturated rings. The van der Waals surface area contributed by atoms with Crippen LogP contribution in [0.1, 0.15) is 11.1 Å². The second kappa shape index (κ2) is 6.79. The van der Waals surface area contributed by atoms with Crippen LogP contribution in [-0.4, -0.2) is 16.4 Å². The van der Waals surface area contributed by atoms with Gasteiger partial charge in [0.05, 0.1) is 12.8 Å². The van der Waals surface area contributed by atoms with E-state index in [0.717, 1.165) is 22.3 Å². The van der Waals surface area contributed by atoms with Crippen LogP contribution in [0.25, 0.3) is 11.1 Å². The fourth-order valence-corrected chi connectivity index (χ4v) is 1.93. The molecule has 0 aliphatic carbocycles. The van der Waals surface area contributed by atoms with Crippen LogP contribution in [0.2, 0.25) is 0 Å². The van der Waals surface area contributed by atoms with Gasteiger partial charge >= 0.3 is 0 Å². The molecule has 0 spiro atoms. The van der Waals surface area contributed by atoms with Gasteiger partial charge in [0.1, 0.15) is 0 Å². The molecule has 0 heterocycles. The number of hydrogen-bond acceptors (Lipinski definition) is 3. The molecule has 0 unspecified atom stereocenters. The van der Waals surface area contributed by atoms with E-state index in [4.69, 9.17) is 18.0 Å². The predicted molar refractivity (Wildman–Crippen MR) is 85.3 cm³/mol. The highest BCUT2D eigenvalue weighted by Gasteiger charge is 2.03. The van der Waals surface area contributed by atoms with Crippen molar-refractivity contribution < 1.29 is 5.11 Å². The van der Waals surface area contributed by atoms with Gasteiger partial charge in [0, 0.05) is 5.56 Å².